The number of aliphatic hydroxyl groups excluding tert-OH is 1. The summed E-state index contributed by atoms with van der Waals surface area (Å²) in [4.78, 5) is 45.8. The first-order valence-corrected chi connectivity index (χ1v) is 10.1. The van der Waals surface area contributed by atoms with Crippen LogP contribution in [0.2, 0.25) is 0 Å². The van der Waals surface area contributed by atoms with E-state index in [0.717, 1.165) is 11.8 Å². The molecule has 28 heavy (non-hydrogen) atoms. The number of phosphoric ester groups is 1. The molecule has 13 heteroatoms. The Morgan fingerprint density at radius 1 is 1.50 bits per heavy atom. The molecule has 1 fully saturated rings. The van der Waals surface area contributed by atoms with Crippen molar-refractivity contribution in [1.29, 1.82) is 0 Å². The number of thiocarbonyl (C=S) groups is 1. The van der Waals surface area contributed by atoms with Crippen LogP contribution < -0.4 is 10.1 Å². The summed E-state index contributed by atoms with van der Waals surface area (Å²) in [6.45, 7) is 2.17. The molecule has 1 aliphatic rings. The van der Waals surface area contributed by atoms with Crippen molar-refractivity contribution in [2.75, 3.05) is 0 Å². The Morgan fingerprint density at radius 2 is 2.14 bits per heavy atom. The maximum Gasteiger partial charge on any atom is 0.469 e. The predicted molar refractivity (Wildman–Crippen MR) is 106 cm³/mol. The highest BCUT2D eigenvalue weighted by molar-refractivity contribution is 8.26. The summed E-state index contributed by atoms with van der Waals surface area (Å²) in [6.07, 6.45) is 1.20. The van der Waals surface area contributed by atoms with Crippen molar-refractivity contribution in [2.24, 2.45) is 0 Å². The van der Waals surface area contributed by atoms with Gasteiger partial charge in [-0.25, -0.2) is 9.36 Å². The summed E-state index contributed by atoms with van der Waals surface area (Å²) in [6, 6.07) is 0. The lowest BCUT2D eigenvalue weighted by atomic mass is 10.1. The van der Waals surface area contributed by atoms with Crippen LogP contribution in [-0.4, -0.2) is 42.2 Å². The Kier molecular flexibility index (Phi) is 8.45. The van der Waals surface area contributed by atoms with Gasteiger partial charge in [0, 0.05) is 17.3 Å². The van der Waals surface area contributed by atoms with Crippen LogP contribution in [0.3, 0.4) is 0 Å². The number of phosphoric acid groups is 1. The Labute approximate surface area is 170 Å². The number of ether oxygens (including phenoxy) is 1. The molecule has 0 bridgehead atoms. The molecule has 1 aliphatic heterocycles. The highest BCUT2D eigenvalue weighted by Gasteiger charge is 2.26. The van der Waals surface area contributed by atoms with E-state index < -0.39 is 32.4 Å². The average Bonchev–Trinajstić information content (AvgIpc) is 2.86. The first-order valence-electron chi connectivity index (χ1n) is 7.31. The Morgan fingerprint density at radius 3 is 2.64 bits per heavy atom. The van der Waals surface area contributed by atoms with E-state index in [0.29, 0.717) is 0 Å². The van der Waals surface area contributed by atoms with E-state index >= 15 is 0 Å². The Hall–Kier alpha value is -1.66. The number of aliphatic hydroxyl groups is 1. The van der Waals surface area contributed by atoms with Gasteiger partial charge in [-0.15, -0.1) is 0 Å². The molecule has 0 saturated carbocycles. The zero-order chi connectivity index (χ0) is 20.4. The van der Waals surface area contributed by atoms with Gasteiger partial charge in [0.1, 0.15) is 10.4 Å². The quantitative estimate of drug-likeness (QED) is 0.215. The van der Waals surface area contributed by atoms with Crippen molar-refractivity contribution < 1.29 is 38.3 Å². The number of aromatic nitrogens is 1. The molecule has 1 aromatic heterocycles. The number of carbonyl (C=O) groups is 2. The predicted octanol–water partition coefficient (Wildman–Crippen LogP) is 1.41. The van der Waals surface area contributed by atoms with E-state index in [4.69, 9.17) is 26.7 Å². The van der Waals surface area contributed by atoms with E-state index in [9.17, 15) is 19.3 Å². The lowest BCUT2D eigenvalue weighted by molar-refractivity contribution is -0.142. The molecule has 1 unspecified atom stereocenters. The molecule has 0 radical (unpaired) electrons. The lowest BCUT2D eigenvalue weighted by Gasteiger charge is -2.15. The molecule has 2 heterocycles. The largest absolute Gasteiger partial charge is 0.469 e. The number of pyridine rings is 1. The van der Waals surface area contributed by atoms with Gasteiger partial charge >= 0.3 is 13.8 Å². The average molecular weight is 450 g/mol. The molecule has 0 aliphatic carbocycles. The topological polar surface area (TPSA) is 155 Å². The highest BCUT2D eigenvalue weighted by atomic mass is 32.2. The van der Waals surface area contributed by atoms with E-state index in [1.165, 1.54) is 26.1 Å². The van der Waals surface area contributed by atoms with Crippen LogP contribution in [0.15, 0.2) is 11.1 Å². The van der Waals surface area contributed by atoms with Crippen molar-refractivity contribution in [1.82, 2.24) is 10.3 Å². The molecule has 1 atom stereocenters. The van der Waals surface area contributed by atoms with E-state index in [1.54, 1.807) is 0 Å². The zero-order valence-electron chi connectivity index (χ0n) is 14.0. The summed E-state index contributed by atoms with van der Waals surface area (Å²) in [5.74, 6) is -1.52. The monoisotopic (exact) mass is 450 g/mol. The summed E-state index contributed by atoms with van der Waals surface area (Å²) >= 11 is 5.88. The molecule has 0 aromatic carbocycles. The number of amides is 1. The number of carbonyl (C=O) groups excluding carboxylic acids is 2. The fraction of sp³-hybridized carbons (Fsp3) is 0.333. The molecule has 1 amide bonds. The van der Waals surface area contributed by atoms with Crippen molar-refractivity contribution in [2.45, 2.75) is 34.0 Å². The van der Waals surface area contributed by atoms with Crippen LogP contribution in [0.4, 0.5) is 0 Å². The number of thioether (sulfide) groups is 1. The third-order valence-corrected chi connectivity index (χ3v) is 4.81. The molecule has 4 N–H and O–H groups in total. The second kappa shape index (κ2) is 9.70. The molecule has 1 saturated heterocycles. The van der Waals surface area contributed by atoms with E-state index in [1.807, 2.05) is 0 Å². The number of hydrogen-bond acceptors (Lipinski definition) is 9. The number of esters is 1. The molecule has 0 spiro atoms. The van der Waals surface area contributed by atoms with Gasteiger partial charge in [-0.1, -0.05) is 31.4 Å². The zero-order valence-corrected chi connectivity index (χ0v) is 16.6. The van der Waals surface area contributed by atoms with Crippen molar-refractivity contribution >= 4 is 54.1 Å². The smallest absolute Gasteiger partial charge is 0.422 e. The van der Waals surface area contributed by atoms with E-state index in [2.05, 4.69) is 14.8 Å². The van der Waals surface area contributed by atoms with Gasteiger partial charge in [0.05, 0.1) is 17.2 Å². The van der Waals surface area contributed by atoms with Crippen molar-refractivity contribution in [3.8, 4) is 5.75 Å². The first-order chi connectivity index (χ1) is 12.5. The van der Waals surface area contributed by atoms with E-state index in [-0.39, 0.29) is 39.2 Å². The van der Waals surface area contributed by atoms with Crippen LogP contribution in [-0.2, 0) is 25.3 Å². The maximum atomic E-state index is 11.9. The minimum atomic E-state index is -4.78. The van der Waals surface area contributed by atoms with Crippen LogP contribution in [0.1, 0.15) is 31.2 Å². The third kappa shape index (κ3) is 6.45. The second-order valence-electron chi connectivity index (χ2n) is 5.32. The fourth-order valence-corrected chi connectivity index (χ4v) is 3.27. The Bertz CT molecular complexity index is 881. The molecular weight excluding hydrogens is 431 g/mol. The molecule has 1 aromatic rings. The number of aryl methyl sites for hydroxylation is 1. The second-order valence-corrected chi connectivity index (χ2v) is 8.28. The van der Waals surface area contributed by atoms with Gasteiger partial charge in [0.25, 0.3) is 5.91 Å². The van der Waals surface area contributed by atoms with Gasteiger partial charge in [0.2, 0.25) is 0 Å². The summed E-state index contributed by atoms with van der Waals surface area (Å²) in [5, 5.41) is 11.8. The van der Waals surface area contributed by atoms with Gasteiger partial charge < -0.3 is 24.9 Å². The van der Waals surface area contributed by atoms with Gasteiger partial charge in [0.15, 0.2) is 5.75 Å². The van der Waals surface area contributed by atoms with Crippen LogP contribution >= 0.6 is 31.8 Å². The lowest BCUT2D eigenvalue weighted by Crippen LogP contribution is -2.23. The Balaban J connectivity index is 0.00000392. The van der Waals surface area contributed by atoms with Gasteiger partial charge in [-0.05, 0) is 19.9 Å². The molecule has 10 nitrogen and oxygen atoms in total. The summed E-state index contributed by atoms with van der Waals surface area (Å²) < 4.78 is 20.9. The summed E-state index contributed by atoms with van der Waals surface area (Å²) in [7, 11) is -4.78. The van der Waals surface area contributed by atoms with Crippen molar-refractivity contribution in [3.05, 3.63) is 27.9 Å². The van der Waals surface area contributed by atoms with Crippen LogP contribution in [0.5, 0.6) is 5.75 Å². The molecular formula is C15H19N2O8PS2. The summed E-state index contributed by atoms with van der Waals surface area (Å²) in [5.41, 5.74) is 0.546. The first kappa shape index (κ1) is 24.4. The normalized spacial score (nSPS) is 16.5. The fourth-order valence-electron chi connectivity index (χ4n) is 1.94. The van der Waals surface area contributed by atoms with Crippen LogP contribution in [0, 0.1) is 6.92 Å². The third-order valence-electron chi connectivity index (χ3n) is 3.18. The van der Waals surface area contributed by atoms with Gasteiger partial charge in [-0.2, -0.15) is 0 Å². The minimum absolute atomic E-state index is 0. The SMILES string of the molecule is C.Cc1ncc(COP(=O)(O)O)c(/C=C2\SC(=S)NC2=O)c1OC(=O)C(C)O. The highest BCUT2D eigenvalue weighted by Crippen LogP contribution is 2.39. The molecule has 2 rings (SSSR count). The van der Waals surface area contributed by atoms with Crippen LogP contribution in [0.25, 0.3) is 6.08 Å². The molecule has 154 valence electrons. The number of nitrogens with zero attached hydrogens (tertiary/aromatic N) is 1. The number of hydrogen-bond donors (Lipinski definition) is 4. The minimum Gasteiger partial charge on any atom is -0.422 e. The standard InChI is InChI=1S/C14H15N2O8PS2.CH4/c1-6-11(24-13(19)7(2)17)9(3-10-12(18)16-14(26)27-10)8(4-15-6)5-23-25(20,21)22;/h3-4,7,17H,5H2,1-2H3,(H,16,18,26)(H2,20,21,22);1H4/b10-3-;. The van der Waals surface area contributed by atoms with Gasteiger partial charge in [-0.3, -0.25) is 14.3 Å². The number of nitrogens with one attached hydrogen (secondary N) is 1. The number of rotatable bonds is 6. The maximum absolute atomic E-state index is 11.9. The van der Waals surface area contributed by atoms with Crippen molar-refractivity contribution in [3.63, 3.8) is 0 Å².